The van der Waals surface area contributed by atoms with Gasteiger partial charge in [0.05, 0.1) is 29.4 Å². The summed E-state index contributed by atoms with van der Waals surface area (Å²) < 4.78 is 85.3. The predicted molar refractivity (Wildman–Crippen MR) is 106 cm³/mol. The molecule has 0 aliphatic carbocycles. The minimum Gasteiger partial charge on any atom is -0.371 e. The molecule has 9 heteroatoms. The molecule has 0 amide bonds. The van der Waals surface area contributed by atoms with Gasteiger partial charge in [0.1, 0.15) is 0 Å². The summed E-state index contributed by atoms with van der Waals surface area (Å²) in [5.74, 6) is 0. The molecule has 1 N–H and O–H groups in total. The first-order valence-electron chi connectivity index (χ1n) is 9.82. The number of benzene rings is 2. The summed E-state index contributed by atoms with van der Waals surface area (Å²) in [5.41, 5.74) is -2.27. The summed E-state index contributed by atoms with van der Waals surface area (Å²) in [6.07, 6.45) is -6.79. The summed E-state index contributed by atoms with van der Waals surface area (Å²) in [5, 5.41) is 3.56. The third-order valence-electron chi connectivity index (χ3n) is 6.14. The van der Waals surface area contributed by atoms with Crippen LogP contribution in [-0.4, -0.2) is 12.1 Å². The van der Waals surface area contributed by atoms with Crippen molar-refractivity contribution in [3.63, 3.8) is 0 Å². The van der Waals surface area contributed by atoms with Crippen molar-refractivity contribution in [3.8, 4) is 0 Å². The van der Waals surface area contributed by atoms with Gasteiger partial charge in [-0.05, 0) is 55.0 Å². The SMILES string of the molecule is Cl.FC(F)(F)c1ccc(C(F)(F)F)c(COC2CCC3CCC2(c2ccccc2)N3)c1. The molecule has 2 aromatic rings. The number of fused-ring (bicyclic) bond motifs is 2. The van der Waals surface area contributed by atoms with Crippen LogP contribution >= 0.6 is 12.4 Å². The van der Waals surface area contributed by atoms with E-state index >= 15 is 0 Å². The highest BCUT2D eigenvalue weighted by Gasteiger charge is 2.50. The van der Waals surface area contributed by atoms with Crippen molar-refractivity contribution < 1.29 is 31.1 Å². The molecule has 2 heterocycles. The fraction of sp³-hybridized carbons (Fsp3) is 0.455. The topological polar surface area (TPSA) is 21.3 Å². The fourth-order valence-corrected chi connectivity index (χ4v) is 4.71. The average Bonchev–Trinajstić information content (AvgIpc) is 3.05. The van der Waals surface area contributed by atoms with Crippen LogP contribution in [0.25, 0.3) is 0 Å². The Balaban J connectivity index is 0.00000272. The van der Waals surface area contributed by atoms with Gasteiger partial charge in [0.15, 0.2) is 0 Å². The van der Waals surface area contributed by atoms with Gasteiger partial charge < -0.3 is 10.1 Å². The molecule has 0 spiro atoms. The Kier molecular flexibility index (Phi) is 6.65. The largest absolute Gasteiger partial charge is 0.416 e. The maximum absolute atomic E-state index is 13.4. The van der Waals surface area contributed by atoms with Crippen LogP contribution in [0.1, 0.15) is 47.9 Å². The van der Waals surface area contributed by atoms with Crippen LogP contribution in [-0.2, 0) is 29.2 Å². The van der Waals surface area contributed by atoms with Crippen LogP contribution in [0.3, 0.4) is 0 Å². The number of hydrogen-bond acceptors (Lipinski definition) is 2. The first kappa shape index (κ1) is 23.9. The fourth-order valence-electron chi connectivity index (χ4n) is 4.71. The van der Waals surface area contributed by atoms with Crippen LogP contribution in [0.4, 0.5) is 26.3 Å². The van der Waals surface area contributed by atoms with E-state index in [1.54, 1.807) is 0 Å². The van der Waals surface area contributed by atoms with Crippen molar-refractivity contribution in [2.24, 2.45) is 0 Å². The lowest BCUT2D eigenvalue weighted by molar-refractivity contribution is -0.143. The van der Waals surface area contributed by atoms with Crippen LogP contribution in [0.15, 0.2) is 48.5 Å². The van der Waals surface area contributed by atoms with Gasteiger partial charge in [0.2, 0.25) is 0 Å². The molecule has 170 valence electrons. The van der Waals surface area contributed by atoms with E-state index in [2.05, 4.69) is 5.32 Å². The van der Waals surface area contributed by atoms with E-state index in [4.69, 9.17) is 4.74 Å². The lowest BCUT2D eigenvalue weighted by Gasteiger charge is -2.42. The van der Waals surface area contributed by atoms with Crippen molar-refractivity contribution >= 4 is 12.4 Å². The highest BCUT2D eigenvalue weighted by Crippen LogP contribution is 2.45. The zero-order chi connectivity index (χ0) is 21.6. The van der Waals surface area contributed by atoms with E-state index in [1.807, 2.05) is 30.3 Å². The van der Waals surface area contributed by atoms with Crippen LogP contribution in [0, 0.1) is 0 Å². The quantitative estimate of drug-likeness (QED) is 0.522. The maximum atomic E-state index is 13.4. The van der Waals surface area contributed by atoms with Gasteiger partial charge in [-0.2, -0.15) is 26.3 Å². The number of ether oxygens (including phenoxy) is 1. The Morgan fingerprint density at radius 1 is 0.903 bits per heavy atom. The molecule has 0 saturated carbocycles. The van der Waals surface area contributed by atoms with Crippen molar-refractivity contribution in [1.29, 1.82) is 0 Å². The van der Waals surface area contributed by atoms with Crippen molar-refractivity contribution in [2.45, 2.75) is 62.3 Å². The first-order valence-corrected chi connectivity index (χ1v) is 9.82. The molecule has 3 atom stereocenters. The van der Waals surface area contributed by atoms with Crippen LogP contribution in [0.2, 0.25) is 0 Å². The van der Waals surface area contributed by atoms with Gasteiger partial charge in [-0.3, -0.25) is 0 Å². The third kappa shape index (κ3) is 4.71. The van der Waals surface area contributed by atoms with Gasteiger partial charge in [-0.15, -0.1) is 12.4 Å². The molecular weight excluding hydrogens is 444 g/mol. The van der Waals surface area contributed by atoms with E-state index in [1.165, 1.54) is 0 Å². The Morgan fingerprint density at radius 3 is 2.26 bits per heavy atom. The summed E-state index contributed by atoms with van der Waals surface area (Å²) in [6, 6.07) is 11.4. The molecule has 2 aliphatic heterocycles. The number of alkyl halides is 6. The lowest BCUT2D eigenvalue weighted by atomic mass is 9.80. The molecule has 2 fully saturated rings. The van der Waals surface area contributed by atoms with E-state index in [9.17, 15) is 26.3 Å². The monoisotopic (exact) mass is 465 g/mol. The van der Waals surface area contributed by atoms with Crippen molar-refractivity contribution in [2.75, 3.05) is 0 Å². The van der Waals surface area contributed by atoms with Crippen molar-refractivity contribution in [3.05, 3.63) is 70.8 Å². The molecular formula is C22H22ClF6NO. The first-order chi connectivity index (χ1) is 14.1. The Morgan fingerprint density at radius 2 is 1.61 bits per heavy atom. The minimum atomic E-state index is -4.76. The average molecular weight is 466 g/mol. The molecule has 2 nitrogen and oxygen atoms in total. The summed E-state index contributed by atoms with van der Waals surface area (Å²) in [4.78, 5) is 0. The second-order valence-electron chi connectivity index (χ2n) is 7.96. The molecule has 0 radical (unpaired) electrons. The van der Waals surface area contributed by atoms with E-state index < -0.39 is 47.3 Å². The van der Waals surface area contributed by atoms with Gasteiger partial charge in [-0.25, -0.2) is 0 Å². The molecule has 0 aromatic heterocycles. The number of piperidine rings is 1. The minimum absolute atomic E-state index is 0. The Hall–Kier alpha value is -1.77. The number of hydrogen-bond donors (Lipinski definition) is 1. The highest BCUT2D eigenvalue weighted by atomic mass is 35.5. The van der Waals surface area contributed by atoms with E-state index in [0.717, 1.165) is 24.8 Å². The standard InChI is InChI=1S/C22H21F6NO.ClH/c23-21(24,25)16-6-8-18(22(26,27)28)14(12-16)13-30-19-9-7-17-10-11-20(19,29-17)15-4-2-1-3-5-15;/h1-6,8,12,17,19,29H,7,9-11,13H2;1H. The second kappa shape index (κ2) is 8.64. The van der Waals surface area contributed by atoms with Gasteiger partial charge in [0.25, 0.3) is 0 Å². The summed E-state index contributed by atoms with van der Waals surface area (Å²) in [7, 11) is 0. The van der Waals surface area contributed by atoms with Gasteiger partial charge in [0, 0.05) is 6.04 Å². The molecule has 2 bridgehead atoms. The van der Waals surface area contributed by atoms with E-state index in [-0.39, 0.29) is 12.4 Å². The Bertz CT molecular complexity index is 901. The van der Waals surface area contributed by atoms with Crippen molar-refractivity contribution in [1.82, 2.24) is 5.32 Å². The maximum Gasteiger partial charge on any atom is 0.416 e. The van der Waals surface area contributed by atoms with Gasteiger partial charge >= 0.3 is 12.4 Å². The molecule has 3 unspecified atom stereocenters. The molecule has 4 rings (SSSR count). The predicted octanol–water partition coefficient (Wildman–Crippen LogP) is 6.47. The third-order valence-corrected chi connectivity index (χ3v) is 6.14. The van der Waals surface area contributed by atoms with Crippen LogP contribution in [0.5, 0.6) is 0 Å². The molecule has 31 heavy (non-hydrogen) atoms. The second-order valence-corrected chi connectivity index (χ2v) is 7.96. The summed E-state index contributed by atoms with van der Waals surface area (Å²) >= 11 is 0. The normalized spacial score (nSPS) is 25.9. The summed E-state index contributed by atoms with van der Waals surface area (Å²) in [6.45, 7) is -0.537. The van der Waals surface area contributed by atoms with Crippen LogP contribution < -0.4 is 5.32 Å². The smallest absolute Gasteiger partial charge is 0.371 e. The molecule has 2 saturated heterocycles. The molecule has 2 aliphatic rings. The van der Waals surface area contributed by atoms with E-state index in [0.29, 0.717) is 30.7 Å². The Labute approximate surface area is 182 Å². The number of rotatable bonds is 4. The lowest BCUT2D eigenvalue weighted by Crippen LogP contribution is -2.54. The zero-order valence-corrected chi connectivity index (χ0v) is 17.2. The number of nitrogens with one attached hydrogen (secondary N) is 1. The molecule has 2 aromatic carbocycles. The van der Waals surface area contributed by atoms with Gasteiger partial charge in [-0.1, -0.05) is 30.3 Å². The zero-order valence-electron chi connectivity index (χ0n) is 16.4. The number of halogens is 7. The highest BCUT2D eigenvalue weighted by molar-refractivity contribution is 5.85.